The van der Waals surface area contributed by atoms with Crippen molar-refractivity contribution in [2.24, 2.45) is 0 Å². The largest absolute Gasteiger partial charge is 0.325 e. The SMILES string of the molecule is O=c1ccc2c([nH]1)CC([N+](=O)[O-])C=C2. The molecule has 0 amide bonds. The van der Waals surface area contributed by atoms with Crippen LogP contribution in [-0.2, 0) is 6.42 Å². The smallest absolute Gasteiger partial charge is 0.248 e. The zero-order chi connectivity index (χ0) is 10.1. The maximum Gasteiger partial charge on any atom is 0.248 e. The number of hydrogen-bond donors (Lipinski definition) is 1. The van der Waals surface area contributed by atoms with E-state index in [9.17, 15) is 14.9 Å². The minimum Gasteiger partial charge on any atom is -0.325 e. The molecule has 0 fully saturated rings. The molecular formula is C9H8N2O3. The first-order valence-corrected chi connectivity index (χ1v) is 4.21. The van der Waals surface area contributed by atoms with Crippen LogP contribution in [-0.4, -0.2) is 15.9 Å². The van der Waals surface area contributed by atoms with Gasteiger partial charge in [-0.3, -0.25) is 14.9 Å². The molecule has 5 heteroatoms. The fourth-order valence-electron chi connectivity index (χ4n) is 1.49. The highest BCUT2D eigenvalue weighted by atomic mass is 16.6. The maximum absolute atomic E-state index is 11.0. The van der Waals surface area contributed by atoms with E-state index in [1.807, 2.05) is 0 Å². The molecule has 1 aliphatic rings. The number of nitro groups is 1. The summed E-state index contributed by atoms with van der Waals surface area (Å²) in [7, 11) is 0. The third-order valence-corrected chi connectivity index (χ3v) is 2.22. The summed E-state index contributed by atoms with van der Waals surface area (Å²) in [6.07, 6.45) is 3.47. The van der Waals surface area contributed by atoms with E-state index in [1.54, 1.807) is 18.2 Å². The van der Waals surface area contributed by atoms with Crippen molar-refractivity contribution in [2.45, 2.75) is 12.5 Å². The number of H-pyrrole nitrogens is 1. The van der Waals surface area contributed by atoms with Crippen LogP contribution in [0.2, 0.25) is 0 Å². The summed E-state index contributed by atoms with van der Waals surface area (Å²) in [4.78, 5) is 23.7. The van der Waals surface area contributed by atoms with E-state index >= 15 is 0 Å². The first-order chi connectivity index (χ1) is 6.66. The maximum atomic E-state index is 11.0. The van der Waals surface area contributed by atoms with Gasteiger partial charge in [-0.25, -0.2) is 0 Å². The van der Waals surface area contributed by atoms with Gasteiger partial charge in [-0.05, 0) is 17.7 Å². The topological polar surface area (TPSA) is 76.0 Å². The van der Waals surface area contributed by atoms with E-state index in [2.05, 4.69) is 4.98 Å². The van der Waals surface area contributed by atoms with Crippen molar-refractivity contribution in [3.8, 4) is 0 Å². The van der Waals surface area contributed by atoms with E-state index in [-0.39, 0.29) is 16.9 Å². The molecule has 1 aliphatic carbocycles. The fraction of sp³-hybridized carbons (Fsp3) is 0.222. The Morgan fingerprint density at radius 2 is 2.29 bits per heavy atom. The number of hydrogen-bond acceptors (Lipinski definition) is 3. The minimum atomic E-state index is -0.722. The third kappa shape index (κ3) is 1.44. The molecule has 1 aromatic rings. The number of aromatic nitrogens is 1. The van der Waals surface area contributed by atoms with E-state index in [4.69, 9.17) is 0 Å². The van der Waals surface area contributed by atoms with Gasteiger partial charge in [-0.15, -0.1) is 0 Å². The van der Waals surface area contributed by atoms with Crippen LogP contribution >= 0.6 is 0 Å². The zero-order valence-corrected chi connectivity index (χ0v) is 7.27. The Bertz CT molecular complexity index is 461. The average Bonchev–Trinajstić information content (AvgIpc) is 2.16. The van der Waals surface area contributed by atoms with Crippen molar-refractivity contribution in [1.29, 1.82) is 0 Å². The van der Waals surface area contributed by atoms with E-state index in [0.717, 1.165) is 5.56 Å². The van der Waals surface area contributed by atoms with E-state index in [0.29, 0.717) is 5.69 Å². The van der Waals surface area contributed by atoms with Crippen LogP contribution in [0.25, 0.3) is 6.08 Å². The summed E-state index contributed by atoms with van der Waals surface area (Å²) >= 11 is 0. The number of nitrogens with one attached hydrogen (secondary N) is 1. The highest BCUT2D eigenvalue weighted by Gasteiger charge is 2.22. The zero-order valence-electron chi connectivity index (χ0n) is 7.27. The monoisotopic (exact) mass is 192 g/mol. The van der Waals surface area contributed by atoms with E-state index < -0.39 is 6.04 Å². The lowest BCUT2D eigenvalue weighted by Crippen LogP contribution is -2.24. The normalized spacial score (nSPS) is 19.0. The molecule has 72 valence electrons. The molecule has 1 atom stereocenters. The summed E-state index contributed by atoms with van der Waals surface area (Å²) in [6, 6.07) is 2.36. The predicted octanol–water partition coefficient (Wildman–Crippen LogP) is 0.589. The van der Waals surface area contributed by atoms with Crippen LogP contribution in [0.4, 0.5) is 0 Å². The summed E-state index contributed by atoms with van der Waals surface area (Å²) in [5.41, 5.74) is 1.27. The number of nitrogens with zero attached hydrogens (tertiary/aromatic N) is 1. The molecule has 0 spiro atoms. The van der Waals surface area contributed by atoms with Gasteiger partial charge in [0.1, 0.15) is 0 Å². The van der Waals surface area contributed by atoms with Crippen molar-refractivity contribution in [3.05, 3.63) is 49.9 Å². The molecule has 1 N–H and O–H groups in total. The summed E-state index contributed by atoms with van der Waals surface area (Å²) < 4.78 is 0. The quantitative estimate of drug-likeness (QED) is 0.522. The van der Waals surface area contributed by atoms with Crippen molar-refractivity contribution >= 4 is 6.08 Å². The molecule has 1 heterocycles. The molecule has 0 bridgehead atoms. The molecule has 0 saturated carbocycles. The van der Waals surface area contributed by atoms with Crippen molar-refractivity contribution in [2.75, 3.05) is 0 Å². The summed E-state index contributed by atoms with van der Waals surface area (Å²) in [5, 5.41) is 10.5. The lowest BCUT2D eigenvalue weighted by Gasteiger charge is -2.12. The van der Waals surface area contributed by atoms with Crippen LogP contribution in [0.3, 0.4) is 0 Å². The molecule has 0 saturated heterocycles. The summed E-state index contributed by atoms with van der Waals surface area (Å²) in [5.74, 6) is 0. The second-order valence-corrected chi connectivity index (χ2v) is 3.17. The van der Waals surface area contributed by atoms with Crippen molar-refractivity contribution in [3.63, 3.8) is 0 Å². The highest BCUT2D eigenvalue weighted by Crippen LogP contribution is 2.16. The van der Waals surface area contributed by atoms with Gasteiger partial charge in [0.25, 0.3) is 0 Å². The van der Waals surface area contributed by atoms with Crippen molar-refractivity contribution in [1.82, 2.24) is 4.98 Å². The molecule has 1 unspecified atom stereocenters. The standard InChI is InChI=1S/C9H8N2O3/c12-9-4-2-6-1-3-7(11(13)14)5-8(6)10-9/h1-4,7H,5H2,(H,10,12). The van der Waals surface area contributed by atoms with Crippen LogP contribution in [0.15, 0.2) is 23.0 Å². The predicted molar refractivity (Wildman–Crippen MR) is 50.6 cm³/mol. The Labute approximate surface area is 79.2 Å². The number of fused-ring (bicyclic) bond motifs is 1. The molecule has 0 aromatic carbocycles. The summed E-state index contributed by atoms with van der Waals surface area (Å²) in [6.45, 7) is 0. The van der Waals surface area contributed by atoms with Gasteiger partial charge in [0.15, 0.2) is 0 Å². The van der Waals surface area contributed by atoms with E-state index in [1.165, 1.54) is 6.07 Å². The Morgan fingerprint density at radius 3 is 3.00 bits per heavy atom. The van der Waals surface area contributed by atoms with Crippen LogP contribution in [0, 0.1) is 10.1 Å². The van der Waals surface area contributed by atoms with Gasteiger partial charge in [0.2, 0.25) is 11.6 Å². The Balaban J connectivity index is 2.42. The van der Waals surface area contributed by atoms with Gasteiger partial charge in [0.05, 0.1) is 6.42 Å². The van der Waals surface area contributed by atoms with Gasteiger partial charge in [-0.1, -0.05) is 6.08 Å². The minimum absolute atomic E-state index is 0.221. The molecule has 5 nitrogen and oxygen atoms in total. The third-order valence-electron chi connectivity index (χ3n) is 2.22. The van der Waals surface area contributed by atoms with Crippen molar-refractivity contribution < 1.29 is 4.92 Å². The van der Waals surface area contributed by atoms with Crippen LogP contribution < -0.4 is 5.56 Å². The van der Waals surface area contributed by atoms with Crippen LogP contribution in [0.5, 0.6) is 0 Å². The first-order valence-electron chi connectivity index (χ1n) is 4.21. The molecule has 2 rings (SSSR count). The Hall–Kier alpha value is -1.91. The van der Waals surface area contributed by atoms with Gasteiger partial charge < -0.3 is 4.98 Å². The number of aromatic amines is 1. The molecular weight excluding hydrogens is 184 g/mol. The molecule has 14 heavy (non-hydrogen) atoms. The number of rotatable bonds is 1. The second kappa shape index (κ2) is 3.10. The van der Waals surface area contributed by atoms with Gasteiger partial charge >= 0.3 is 0 Å². The molecule has 1 aromatic heterocycles. The second-order valence-electron chi connectivity index (χ2n) is 3.17. The molecule has 0 radical (unpaired) electrons. The van der Waals surface area contributed by atoms with Crippen LogP contribution in [0.1, 0.15) is 11.3 Å². The van der Waals surface area contributed by atoms with Gasteiger partial charge in [0, 0.05) is 16.7 Å². The average molecular weight is 192 g/mol. The molecule has 0 aliphatic heterocycles. The highest BCUT2D eigenvalue weighted by molar-refractivity contribution is 5.54. The number of pyridine rings is 1. The Morgan fingerprint density at radius 1 is 1.50 bits per heavy atom. The first kappa shape index (κ1) is 8.68. The van der Waals surface area contributed by atoms with Gasteiger partial charge in [-0.2, -0.15) is 0 Å². The lowest BCUT2D eigenvalue weighted by atomic mass is 10.00. The Kier molecular flexibility index (Phi) is 1.92. The lowest BCUT2D eigenvalue weighted by molar-refractivity contribution is -0.509. The fourth-order valence-corrected chi connectivity index (χ4v) is 1.49.